The number of furan rings is 1. The molecule has 0 spiro atoms. The highest BCUT2D eigenvalue weighted by Gasteiger charge is 2.18. The number of benzene rings is 1. The van der Waals surface area contributed by atoms with E-state index in [4.69, 9.17) is 15.3 Å². The van der Waals surface area contributed by atoms with Gasteiger partial charge in [-0.25, -0.2) is 13.6 Å². The van der Waals surface area contributed by atoms with Crippen molar-refractivity contribution >= 4 is 21.4 Å². The van der Waals surface area contributed by atoms with Gasteiger partial charge in [0.15, 0.2) is 0 Å². The van der Waals surface area contributed by atoms with Crippen LogP contribution in [0.25, 0.3) is 0 Å². The lowest BCUT2D eigenvalue weighted by Gasteiger charge is -2.23. The maximum atomic E-state index is 11.6. The molecule has 1 aromatic heterocycles. The Bertz CT molecular complexity index is 766. The summed E-state index contributed by atoms with van der Waals surface area (Å²) in [4.78, 5) is 1.96. The summed E-state index contributed by atoms with van der Waals surface area (Å²) in [6.07, 6.45) is 1.63. The minimum absolute atomic E-state index is 0.0493. The first kappa shape index (κ1) is 15.4. The van der Waals surface area contributed by atoms with Crippen molar-refractivity contribution < 1.29 is 12.8 Å². The van der Waals surface area contributed by atoms with E-state index in [1.165, 1.54) is 6.07 Å². The Hall–Kier alpha value is -1.99. The molecule has 2 aromatic rings. The molecule has 7 heteroatoms. The molecule has 0 unspecified atom stereocenters. The highest BCUT2D eigenvalue weighted by molar-refractivity contribution is 7.89. The first-order valence-corrected chi connectivity index (χ1v) is 7.92. The Morgan fingerprint density at radius 2 is 1.95 bits per heavy atom. The average molecular weight is 309 g/mol. The fraction of sp³-hybridized carbons (Fsp3) is 0.286. The molecular formula is C14H19N3O3S. The molecule has 0 aliphatic heterocycles. The lowest BCUT2D eigenvalue weighted by atomic mass is 10.1. The second kappa shape index (κ2) is 5.42. The van der Waals surface area contributed by atoms with Crippen molar-refractivity contribution in [3.63, 3.8) is 0 Å². The predicted molar refractivity (Wildman–Crippen MR) is 82.5 cm³/mol. The normalized spacial score (nSPS) is 11.6. The highest BCUT2D eigenvalue weighted by atomic mass is 32.2. The van der Waals surface area contributed by atoms with Crippen LogP contribution in [0.3, 0.4) is 0 Å². The summed E-state index contributed by atoms with van der Waals surface area (Å²) in [7, 11) is -1.95. The summed E-state index contributed by atoms with van der Waals surface area (Å²) in [5.74, 6) is 0.829. The van der Waals surface area contributed by atoms with Crippen molar-refractivity contribution in [1.29, 1.82) is 0 Å². The Balaban J connectivity index is 2.44. The number of anilines is 2. The number of nitrogens with two attached hydrogens (primary N) is 2. The second-order valence-electron chi connectivity index (χ2n) is 5.07. The van der Waals surface area contributed by atoms with Gasteiger partial charge in [-0.2, -0.15) is 0 Å². The molecule has 4 N–H and O–H groups in total. The molecule has 0 radical (unpaired) electrons. The Labute approximate surface area is 124 Å². The van der Waals surface area contributed by atoms with Crippen molar-refractivity contribution in [3.8, 4) is 0 Å². The number of nitrogen functional groups attached to an aromatic ring is 1. The molecule has 0 saturated heterocycles. The van der Waals surface area contributed by atoms with Crippen LogP contribution in [-0.2, 0) is 16.6 Å². The van der Waals surface area contributed by atoms with Crippen molar-refractivity contribution in [2.45, 2.75) is 25.3 Å². The summed E-state index contributed by atoms with van der Waals surface area (Å²) in [5.41, 5.74) is 8.48. The van der Waals surface area contributed by atoms with Crippen LogP contribution >= 0.6 is 0 Å². The van der Waals surface area contributed by atoms with E-state index in [1.807, 2.05) is 24.9 Å². The Morgan fingerprint density at radius 3 is 2.48 bits per heavy atom. The van der Waals surface area contributed by atoms with E-state index in [1.54, 1.807) is 19.3 Å². The lowest BCUT2D eigenvalue weighted by Crippen LogP contribution is -2.21. The number of primary sulfonamides is 1. The molecule has 2 rings (SSSR count). The molecule has 0 aliphatic rings. The topological polar surface area (TPSA) is 103 Å². The number of hydrogen-bond donors (Lipinski definition) is 2. The average Bonchev–Trinajstić information content (AvgIpc) is 2.76. The van der Waals surface area contributed by atoms with E-state index < -0.39 is 10.0 Å². The molecular weight excluding hydrogens is 290 g/mol. The number of aryl methyl sites for hydroxylation is 1. The van der Waals surface area contributed by atoms with E-state index in [0.29, 0.717) is 17.8 Å². The SMILES string of the molecule is Cc1occc1CN(C)c1cc(N)cc(S(N)(=O)=O)c1C. The molecule has 0 atom stereocenters. The van der Waals surface area contributed by atoms with E-state index in [2.05, 4.69) is 0 Å². The zero-order valence-corrected chi connectivity index (χ0v) is 13.1. The fourth-order valence-electron chi connectivity index (χ4n) is 2.30. The standard InChI is InChI=1S/C14H19N3O3S/c1-9-13(6-12(15)7-14(9)21(16,18)19)17(3)8-11-4-5-20-10(11)2/h4-7H,8,15H2,1-3H3,(H2,16,18,19). The quantitative estimate of drug-likeness (QED) is 0.838. The number of nitrogens with zero attached hydrogens (tertiary/aromatic N) is 1. The van der Waals surface area contributed by atoms with Gasteiger partial charge in [-0.3, -0.25) is 0 Å². The third-order valence-corrected chi connectivity index (χ3v) is 4.48. The van der Waals surface area contributed by atoms with Crippen LogP contribution in [0.4, 0.5) is 11.4 Å². The summed E-state index contributed by atoms with van der Waals surface area (Å²) >= 11 is 0. The van der Waals surface area contributed by atoms with E-state index in [9.17, 15) is 8.42 Å². The van der Waals surface area contributed by atoms with Crippen LogP contribution in [-0.4, -0.2) is 15.5 Å². The van der Waals surface area contributed by atoms with Crippen LogP contribution in [0, 0.1) is 13.8 Å². The van der Waals surface area contributed by atoms with Crippen LogP contribution in [0.15, 0.2) is 33.8 Å². The van der Waals surface area contributed by atoms with Gasteiger partial charge in [0.1, 0.15) is 5.76 Å². The summed E-state index contributed by atoms with van der Waals surface area (Å²) < 4.78 is 28.5. The third kappa shape index (κ3) is 3.20. The Kier molecular flexibility index (Phi) is 3.97. The zero-order chi connectivity index (χ0) is 15.8. The van der Waals surface area contributed by atoms with Crippen molar-refractivity contribution in [2.24, 2.45) is 5.14 Å². The number of hydrogen-bond acceptors (Lipinski definition) is 5. The number of rotatable bonds is 4. The van der Waals surface area contributed by atoms with Gasteiger partial charge in [0, 0.05) is 30.5 Å². The van der Waals surface area contributed by atoms with E-state index in [0.717, 1.165) is 17.0 Å². The summed E-state index contributed by atoms with van der Waals surface area (Å²) in [5, 5.41) is 5.24. The maximum absolute atomic E-state index is 11.6. The van der Waals surface area contributed by atoms with Crippen molar-refractivity contribution in [1.82, 2.24) is 0 Å². The second-order valence-corrected chi connectivity index (χ2v) is 6.60. The van der Waals surface area contributed by atoms with Gasteiger partial charge in [-0.15, -0.1) is 0 Å². The molecule has 1 aromatic carbocycles. The lowest BCUT2D eigenvalue weighted by molar-refractivity contribution is 0.529. The Morgan fingerprint density at radius 1 is 1.29 bits per heavy atom. The smallest absolute Gasteiger partial charge is 0.238 e. The molecule has 21 heavy (non-hydrogen) atoms. The molecule has 0 amide bonds. The molecule has 114 valence electrons. The first-order chi connectivity index (χ1) is 9.70. The first-order valence-electron chi connectivity index (χ1n) is 6.37. The largest absolute Gasteiger partial charge is 0.469 e. The van der Waals surface area contributed by atoms with Crippen molar-refractivity contribution in [3.05, 3.63) is 41.3 Å². The van der Waals surface area contributed by atoms with E-state index >= 15 is 0 Å². The van der Waals surface area contributed by atoms with Gasteiger partial charge >= 0.3 is 0 Å². The molecule has 0 aliphatic carbocycles. The van der Waals surface area contributed by atoms with Crippen LogP contribution in [0.1, 0.15) is 16.9 Å². The molecule has 0 bridgehead atoms. The van der Waals surface area contributed by atoms with Gasteiger partial charge in [0.2, 0.25) is 10.0 Å². The minimum atomic E-state index is -3.81. The molecule has 1 heterocycles. The van der Waals surface area contributed by atoms with Crippen molar-refractivity contribution in [2.75, 3.05) is 17.7 Å². The maximum Gasteiger partial charge on any atom is 0.238 e. The van der Waals surface area contributed by atoms with Crippen LogP contribution in [0.5, 0.6) is 0 Å². The van der Waals surface area contributed by atoms with E-state index in [-0.39, 0.29) is 4.90 Å². The third-order valence-electron chi connectivity index (χ3n) is 3.45. The zero-order valence-electron chi connectivity index (χ0n) is 12.3. The van der Waals surface area contributed by atoms with Gasteiger partial charge in [0.25, 0.3) is 0 Å². The van der Waals surface area contributed by atoms with Crippen LogP contribution < -0.4 is 15.8 Å². The number of sulfonamides is 1. The minimum Gasteiger partial charge on any atom is -0.469 e. The fourth-order valence-corrected chi connectivity index (χ4v) is 3.13. The van der Waals surface area contributed by atoms with Gasteiger partial charge in [-0.1, -0.05) is 0 Å². The van der Waals surface area contributed by atoms with Gasteiger partial charge in [0.05, 0.1) is 11.2 Å². The summed E-state index contributed by atoms with van der Waals surface area (Å²) in [6.45, 7) is 4.18. The molecule has 0 fully saturated rings. The van der Waals surface area contributed by atoms with Gasteiger partial charge in [-0.05, 0) is 37.6 Å². The summed E-state index contributed by atoms with van der Waals surface area (Å²) in [6, 6.07) is 5.00. The monoisotopic (exact) mass is 309 g/mol. The predicted octanol–water partition coefficient (Wildman–Crippen LogP) is 1.76. The molecule has 6 nitrogen and oxygen atoms in total. The highest BCUT2D eigenvalue weighted by Crippen LogP contribution is 2.29. The van der Waals surface area contributed by atoms with Gasteiger partial charge < -0.3 is 15.1 Å². The molecule has 0 saturated carbocycles. The van der Waals surface area contributed by atoms with Crippen LogP contribution in [0.2, 0.25) is 0 Å².